The fourth-order valence-corrected chi connectivity index (χ4v) is 2.79. The van der Waals surface area contributed by atoms with Crippen molar-refractivity contribution in [3.05, 3.63) is 23.8 Å². The Morgan fingerprint density at radius 3 is 2.42 bits per heavy atom. The first-order valence-corrected chi connectivity index (χ1v) is 7.45. The third-order valence-corrected chi connectivity index (χ3v) is 4.07. The highest BCUT2D eigenvalue weighted by molar-refractivity contribution is 5.99. The number of anilines is 1. The summed E-state index contributed by atoms with van der Waals surface area (Å²) >= 11 is 0. The zero-order valence-corrected chi connectivity index (χ0v) is 13.4. The molecule has 0 atom stereocenters. The molecule has 0 unspecified atom stereocenters. The molecule has 1 aliphatic carbocycles. The van der Waals surface area contributed by atoms with Crippen LogP contribution in [0.25, 0.3) is 0 Å². The van der Waals surface area contributed by atoms with Crippen molar-refractivity contribution in [2.45, 2.75) is 37.9 Å². The van der Waals surface area contributed by atoms with E-state index in [1.165, 1.54) is 25.3 Å². The van der Waals surface area contributed by atoms with Crippen LogP contribution in [0.2, 0.25) is 0 Å². The Kier molecular flexibility index (Phi) is 5.71. The number of halogens is 2. The Morgan fingerprint density at radius 2 is 1.88 bits per heavy atom. The maximum atomic E-state index is 12.5. The molecular weight excluding hydrogens is 324 g/mol. The summed E-state index contributed by atoms with van der Waals surface area (Å²) in [5.74, 6) is -1.50. The third kappa shape index (κ3) is 3.81. The number of hydrogen-bond acceptors (Lipinski definition) is 5. The van der Waals surface area contributed by atoms with Gasteiger partial charge in [0.1, 0.15) is 16.9 Å². The van der Waals surface area contributed by atoms with E-state index < -0.39 is 18.2 Å². The highest BCUT2D eigenvalue weighted by Gasteiger charge is 2.41. The van der Waals surface area contributed by atoms with Crippen LogP contribution in [0, 0.1) is 0 Å². The first-order valence-electron chi connectivity index (χ1n) is 7.45. The van der Waals surface area contributed by atoms with Gasteiger partial charge in [-0.05, 0) is 43.9 Å². The molecule has 132 valence electrons. The number of carbonyl (C=O) groups excluding carboxylic acids is 2. The second-order valence-electron chi connectivity index (χ2n) is 5.44. The molecule has 1 amide bonds. The van der Waals surface area contributed by atoms with Crippen LogP contribution in [0.4, 0.5) is 14.5 Å². The van der Waals surface area contributed by atoms with Crippen LogP contribution in [0.3, 0.4) is 0 Å². The maximum absolute atomic E-state index is 12.5. The van der Waals surface area contributed by atoms with E-state index in [1.807, 2.05) is 0 Å². The highest BCUT2D eigenvalue weighted by Crippen LogP contribution is 2.34. The van der Waals surface area contributed by atoms with Crippen LogP contribution in [0.15, 0.2) is 18.2 Å². The quantitative estimate of drug-likeness (QED) is 0.804. The maximum Gasteiger partial charge on any atom is 0.387 e. The molecule has 24 heavy (non-hydrogen) atoms. The fraction of sp³-hybridized carbons (Fsp3) is 0.500. The number of benzene rings is 1. The second-order valence-corrected chi connectivity index (χ2v) is 5.44. The van der Waals surface area contributed by atoms with Gasteiger partial charge in [0.2, 0.25) is 0 Å². The second kappa shape index (κ2) is 7.57. The molecular formula is C16H19F2NO5. The summed E-state index contributed by atoms with van der Waals surface area (Å²) in [6, 6.07) is 3.79. The van der Waals surface area contributed by atoms with E-state index in [-0.39, 0.29) is 22.9 Å². The van der Waals surface area contributed by atoms with E-state index in [9.17, 15) is 18.4 Å². The molecule has 1 aromatic rings. The molecule has 8 heteroatoms. The smallest absolute Gasteiger partial charge is 0.387 e. The average Bonchev–Trinajstić information content (AvgIpc) is 3.05. The van der Waals surface area contributed by atoms with E-state index in [1.54, 1.807) is 0 Å². The van der Waals surface area contributed by atoms with Crippen molar-refractivity contribution >= 4 is 17.6 Å². The molecule has 0 aromatic heterocycles. The molecule has 2 rings (SSSR count). The Morgan fingerprint density at radius 1 is 1.21 bits per heavy atom. The van der Waals surface area contributed by atoms with Crippen molar-refractivity contribution in [1.29, 1.82) is 0 Å². The number of hydrogen-bond donors (Lipinski definition) is 1. The molecule has 1 N–H and O–H groups in total. The van der Waals surface area contributed by atoms with Gasteiger partial charge in [0.15, 0.2) is 0 Å². The lowest BCUT2D eigenvalue weighted by molar-refractivity contribution is -0.137. The molecule has 0 aliphatic heterocycles. The zero-order valence-electron chi connectivity index (χ0n) is 13.4. The Labute approximate surface area is 138 Å². The van der Waals surface area contributed by atoms with Gasteiger partial charge in [-0.1, -0.05) is 0 Å². The van der Waals surface area contributed by atoms with Crippen molar-refractivity contribution in [2.24, 2.45) is 0 Å². The van der Waals surface area contributed by atoms with Gasteiger partial charge in [0.05, 0.1) is 7.11 Å². The van der Waals surface area contributed by atoms with Gasteiger partial charge in [-0.2, -0.15) is 8.78 Å². The summed E-state index contributed by atoms with van der Waals surface area (Å²) in [5.41, 5.74) is -0.831. The summed E-state index contributed by atoms with van der Waals surface area (Å²) in [6.45, 7) is -3.08. The number of amides is 1. The SMILES string of the molecule is COC(=O)c1cc(NC(=O)C2(OC)CCCC2)ccc1OC(F)F. The molecule has 1 fully saturated rings. The normalized spacial score (nSPS) is 16.0. The van der Waals surface area contributed by atoms with Crippen LogP contribution in [-0.4, -0.2) is 38.3 Å². The average molecular weight is 343 g/mol. The van der Waals surface area contributed by atoms with Gasteiger partial charge in [0, 0.05) is 12.8 Å². The van der Waals surface area contributed by atoms with E-state index in [0.29, 0.717) is 12.8 Å². The zero-order chi connectivity index (χ0) is 17.7. The van der Waals surface area contributed by atoms with E-state index in [4.69, 9.17) is 4.74 Å². The Hall–Kier alpha value is -2.22. The number of methoxy groups -OCH3 is 2. The van der Waals surface area contributed by atoms with Gasteiger partial charge in [-0.25, -0.2) is 4.79 Å². The summed E-state index contributed by atoms with van der Waals surface area (Å²) in [4.78, 5) is 24.2. The van der Waals surface area contributed by atoms with E-state index >= 15 is 0 Å². The standard InChI is InChI=1S/C16H19F2NO5/c1-22-13(20)11-9-10(5-6-12(11)24-15(17)18)19-14(21)16(23-2)7-3-4-8-16/h5-6,9,15H,3-4,7-8H2,1-2H3,(H,19,21). The predicted octanol–water partition coefficient (Wildman–Crippen LogP) is 2.97. The lowest BCUT2D eigenvalue weighted by Crippen LogP contribution is -2.42. The predicted molar refractivity (Wildman–Crippen MR) is 81.3 cm³/mol. The van der Waals surface area contributed by atoms with Gasteiger partial charge < -0.3 is 19.5 Å². The number of rotatable bonds is 6. The minimum absolute atomic E-state index is 0.200. The molecule has 0 saturated heterocycles. The van der Waals surface area contributed by atoms with Gasteiger partial charge in [-0.15, -0.1) is 0 Å². The van der Waals surface area contributed by atoms with Gasteiger partial charge >= 0.3 is 12.6 Å². The molecule has 6 nitrogen and oxygen atoms in total. The topological polar surface area (TPSA) is 73.9 Å². The van der Waals surface area contributed by atoms with Crippen LogP contribution < -0.4 is 10.1 Å². The number of nitrogens with one attached hydrogen (secondary N) is 1. The molecule has 0 bridgehead atoms. The first kappa shape index (κ1) is 18.1. The van der Waals surface area contributed by atoms with Crippen molar-refractivity contribution in [2.75, 3.05) is 19.5 Å². The number of alkyl halides is 2. The van der Waals surface area contributed by atoms with Gasteiger partial charge in [-0.3, -0.25) is 4.79 Å². The van der Waals surface area contributed by atoms with Crippen LogP contribution in [-0.2, 0) is 14.3 Å². The summed E-state index contributed by atoms with van der Waals surface area (Å²) < 4.78 is 39.1. The number of ether oxygens (including phenoxy) is 3. The monoisotopic (exact) mass is 343 g/mol. The van der Waals surface area contributed by atoms with Crippen molar-refractivity contribution in [3.8, 4) is 5.75 Å². The van der Waals surface area contributed by atoms with Crippen LogP contribution in [0.5, 0.6) is 5.75 Å². The molecule has 0 radical (unpaired) electrons. The highest BCUT2D eigenvalue weighted by atomic mass is 19.3. The number of carbonyl (C=O) groups is 2. The minimum Gasteiger partial charge on any atom is -0.465 e. The van der Waals surface area contributed by atoms with Crippen molar-refractivity contribution < 1.29 is 32.6 Å². The van der Waals surface area contributed by atoms with Gasteiger partial charge in [0.25, 0.3) is 5.91 Å². The Balaban J connectivity index is 2.24. The molecule has 0 spiro atoms. The molecule has 1 saturated carbocycles. The molecule has 1 aromatic carbocycles. The van der Waals surface area contributed by atoms with Crippen LogP contribution >= 0.6 is 0 Å². The third-order valence-electron chi connectivity index (χ3n) is 4.07. The van der Waals surface area contributed by atoms with Crippen molar-refractivity contribution in [3.63, 3.8) is 0 Å². The first-order chi connectivity index (χ1) is 11.4. The Bertz CT molecular complexity index is 614. The van der Waals surface area contributed by atoms with Crippen molar-refractivity contribution in [1.82, 2.24) is 0 Å². The minimum atomic E-state index is -3.08. The van der Waals surface area contributed by atoms with E-state index in [0.717, 1.165) is 20.0 Å². The summed E-state index contributed by atoms with van der Waals surface area (Å²) in [6.07, 6.45) is 2.98. The van der Waals surface area contributed by atoms with E-state index in [2.05, 4.69) is 14.8 Å². The molecule has 1 aliphatic rings. The molecule has 0 heterocycles. The largest absolute Gasteiger partial charge is 0.465 e. The lowest BCUT2D eigenvalue weighted by Gasteiger charge is -2.26. The lowest BCUT2D eigenvalue weighted by atomic mass is 10.0. The number of esters is 1. The van der Waals surface area contributed by atoms with Crippen LogP contribution in [0.1, 0.15) is 36.0 Å². The summed E-state index contributed by atoms with van der Waals surface area (Å²) in [5, 5.41) is 2.66. The fourth-order valence-electron chi connectivity index (χ4n) is 2.79. The summed E-state index contributed by atoms with van der Waals surface area (Å²) in [7, 11) is 2.60.